The first kappa shape index (κ1) is 27.1. The van der Waals surface area contributed by atoms with E-state index in [4.69, 9.17) is 0 Å². The Bertz CT molecular complexity index is 1450. The van der Waals surface area contributed by atoms with E-state index in [0.29, 0.717) is 12.8 Å². The number of hydrogen-bond acceptors (Lipinski definition) is 5. The van der Waals surface area contributed by atoms with Gasteiger partial charge >= 0.3 is 0 Å². The van der Waals surface area contributed by atoms with Crippen molar-refractivity contribution in [3.05, 3.63) is 72.1 Å². The molecule has 3 amide bonds. The van der Waals surface area contributed by atoms with Gasteiger partial charge < -0.3 is 20.6 Å². The molecule has 0 radical (unpaired) electrons. The zero-order valence-electron chi connectivity index (χ0n) is 22.5. The van der Waals surface area contributed by atoms with Crippen LogP contribution in [0, 0.1) is 0 Å². The van der Waals surface area contributed by atoms with Gasteiger partial charge in [0, 0.05) is 47.5 Å². The van der Waals surface area contributed by atoms with Crippen LogP contribution in [0.15, 0.2) is 60.9 Å². The minimum Gasteiger partial charge on any atom is -0.361 e. The third-order valence-electron chi connectivity index (χ3n) is 7.26. The number of benzene rings is 2. The molecule has 2 atom stereocenters. The molecule has 5 N–H and O–H groups in total. The zero-order chi connectivity index (χ0) is 27.4. The van der Waals surface area contributed by atoms with Gasteiger partial charge in [0.1, 0.15) is 0 Å². The fraction of sp³-hybridized carbons (Fsp3) is 0.345. The lowest BCUT2D eigenvalue weighted by Crippen LogP contribution is -2.60. The van der Waals surface area contributed by atoms with E-state index in [1.807, 2.05) is 72.9 Å². The number of likely N-dealkylation sites (N-methyl/N-ethyl adjacent to an activating group) is 2. The van der Waals surface area contributed by atoms with Gasteiger partial charge in [0.05, 0.1) is 17.7 Å². The molecule has 0 bridgehead atoms. The average Bonchev–Trinajstić information content (AvgIpc) is 3.50. The summed E-state index contributed by atoms with van der Waals surface area (Å²) in [5, 5.41) is 10.6. The Morgan fingerprint density at radius 1 is 0.895 bits per heavy atom. The number of rotatable bonds is 10. The molecule has 2 aromatic heterocycles. The standard InChI is InChI=1S/C29H36N6O3/c1-18(36)33-26(15-20-17-32-24-13-9-7-11-22(20)24)35(5)25(27(37)34-28(38)29(2,3)30-4)14-19-16-31-23-12-8-6-10-21(19)23/h6-13,16-17,25-26,30-32H,14-15H2,1-5H3,(H,33,36)(H,34,37,38)/t25-,26-/m1/s1. The highest BCUT2D eigenvalue weighted by molar-refractivity contribution is 6.02. The molecule has 0 saturated carbocycles. The summed E-state index contributed by atoms with van der Waals surface area (Å²) in [6.07, 6.45) is 4.13. The topological polar surface area (TPSA) is 122 Å². The highest BCUT2D eigenvalue weighted by Gasteiger charge is 2.34. The lowest BCUT2D eigenvalue weighted by Gasteiger charge is -2.35. The summed E-state index contributed by atoms with van der Waals surface area (Å²) in [5.74, 6) is -1.06. The lowest BCUT2D eigenvalue weighted by molar-refractivity contribution is -0.137. The van der Waals surface area contributed by atoms with Crippen molar-refractivity contribution in [1.82, 2.24) is 30.8 Å². The Morgan fingerprint density at radius 3 is 1.95 bits per heavy atom. The summed E-state index contributed by atoms with van der Waals surface area (Å²) in [5.41, 5.74) is 3.00. The van der Waals surface area contributed by atoms with E-state index in [2.05, 4.69) is 25.9 Å². The van der Waals surface area contributed by atoms with E-state index in [1.54, 1.807) is 20.9 Å². The van der Waals surface area contributed by atoms with Crippen LogP contribution in [-0.2, 0) is 27.2 Å². The number of H-pyrrole nitrogens is 2. The van der Waals surface area contributed by atoms with Gasteiger partial charge in [0.2, 0.25) is 17.7 Å². The third kappa shape index (κ3) is 5.79. The molecule has 0 spiro atoms. The van der Waals surface area contributed by atoms with Crippen molar-refractivity contribution in [2.45, 2.75) is 51.4 Å². The Morgan fingerprint density at radius 2 is 1.42 bits per heavy atom. The Balaban J connectivity index is 1.68. The summed E-state index contributed by atoms with van der Waals surface area (Å²) in [6.45, 7) is 4.89. The molecule has 4 aromatic rings. The fourth-order valence-electron chi connectivity index (χ4n) is 4.65. The van der Waals surface area contributed by atoms with Crippen molar-refractivity contribution >= 4 is 39.5 Å². The molecule has 38 heavy (non-hydrogen) atoms. The fourth-order valence-corrected chi connectivity index (χ4v) is 4.65. The second-order valence-electron chi connectivity index (χ2n) is 10.2. The predicted molar refractivity (Wildman–Crippen MR) is 149 cm³/mol. The number of nitrogens with zero attached hydrogens (tertiary/aromatic N) is 1. The van der Waals surface area contributed by atoms with E-state index in [-0.39, 0.29) is 5.91 Å². The Kier molecular flexibility index (Phi) is 7.99. The molecule has 0 aliphatic carbocycles. The molecule has 0 fully saturated rings. The third-order valence-corrected chi connectivity index (χ3v) is 7.26. The quantitative estimate of drug-likeness (QED) is 0.208. The summed E-state index contributed by atoms with van der Waals surface area (Å²) >= 11 is 0. The molecule has 0 saturated heterocycles. The van der Waals surface area contributed by atoms with E-state index < -0.39 is 29.6 Å². The number of carbonyl (C=O) groups excluding carboxylic acids is 3. The van der Waals surface area contributed by atoms with Gasteiger partial charge in [-0.2, -0.15) is 0 Å². The maximum absolute atomic E-state index is 13.7. The zero-order valence-corrected chi connectivity index (χ0v) is 22.5. The molecule has 2 heterocycles. The number of aromatic nitrogens is 2. The Hall–Kier alpha value is -3.95. The van der Waals surface area contributed by atoms with E-state index in [1.165, 1.54) is 6.92 Å². The van der Waals surface area contributed by atoms with E-state index in [9.17, 15) is 14.4 Å². The molecule has 9 nitrogen and oxygen atoms in total. The van der Waals surface area contributed by atoms with Gasteiger partial charge in [-0.1, -0.05) is 36.4 Å². The monoisotopic (exact) mass is 516 g/mol. The molecule has 0 aliphatic heterocycles. The van der Waals surface area contributed by atoms with Crippen LogP contribution in [0.5, 0.6) is 0 Å². The van der Waals surface area contributed by atoms with Gasteiger partial charge in [-0.15, -0.1) is 0 Å². The van der Waals surface area contributed by atoms with E-state index >= 15 is 0 Å². The second-order valence-corrected chi connectivity index (χ2v) is 10.2. The largest absolute Gasteiger partial charge is 0.361 e. The first-order chi connectivity index (χ1) is 18.1. The highest BCUT2D eigenvalue weighted by Crippen LogP contribution is 2.24. The van der Waals surface area contributed by atoms with Crippen molar-refractivity contribution in [1.29, 1.82) is 0 Å². The first-order valence-corrected chi connectivity index (χ1v) is 12.7. The highest BCUT2D eigenvalue weighted by atomic mass is 16.2. The molecule has 9 heteroatoms. The van der Waals surface area contributed by atoms with Crippen molar-refractivity contribution in [3.8, 4) is 0 Å². The molecule has 200 valence electrons. The molecule has 0 unspecified atom stereocenters. The predicted octanol–water partition coefficient (Wildman–Crippen LogP) is 2.84. The first-order valence-electron chi connectivity index (χ1n) is 12.7. The van der Waals surface area contributed by atoms with Crippen LogP contribution >= 0.6 is 0 Å². The summed E-state index contributed by atoms with van der Waals surface area (Å²) in [4.78, 5) is 47.3. The smallest absolute Gasteiger partial charge is 0.246 e. The maximum Gasteiger partial charge on any atom is 0.246 e. The maximum atomic E-state index is 13.7. The van der Waals surface area contributed by atoms with Crippen LogP contribution in [0.1, 0.15) is 31.9 Å². The molecular weight excluding hydrogens is 480 g/mol. The number of amides is 3. The minimum atomic E-state index is -0.930. The van der Waals surface area contributed by atoms with Gasteiger partial charge in [0.25, 0.3) is 0 Å². The SMILES string of the molecule is CNC(C)(C)C(=O)NC(=O)[C@@H](Cc1c[nH]c2ccccc12)N(C)[C@H](Cc1c[nH]c2ccccc12)NC(C)=O. The van der Waals surface area contributed by atoms with Gasteiger partial charge in [-0.05, 0) is 57.6 Å². The van der Waals surface area contributed by atoms with Crippen LogP contribution in [0.25, 0.3) is 21.8 Å². The normalized spacial score (nSPS) is 13.5. The molecule has 4 rings (SSSR count). The Labute approximate surface area is 222 Å². The van der Waals surface area contributed by atoms with Gasteiger partial charge in [-0.3, -0.25) is 24.6 Å². The molecule has 2 aromatic carbocycles. The van der Waals surface area contributed by atoms with Crippen molar-refractivity contribution in [3.63, 3.8) is 0 Å². The van der Waals surface area contributed by atoms with Crippen LogP contribution in [0.3, 0.4) is 0 Å². The summed E-state index contributed by atoms with van der Waals surface area (Å²) < 4.78 is 0. The lowest BCUT2D eigenvalue weighted by atomic mass is 10.00. The number of aromatic amines is 2. The number of imide groups is 1. The van der Waals surface area contributed by atoms with Crippen LogP contribution in [-0.4, -0.2) is 64.4 Å². The van der Waals surface area contributed by atoms with Crippen LogP contribution in [0.2, 0.25) is 0 Å². The summed E-state index contributed by atoms with van der Waals surface area (Å²) in [6, 6.07) is 15.1. The number of hydrogen-bond donors (Lipinski definition) is 5. The molecule has 0 aliphatic rings. The van der Waals surface area contributed by atoms with Gasteiger partial charge in [-0.25, -0.2) is 0 Å². The molecular formula is C29H36N6O3. The van der Waals surface area contributed by atoms with Gasteiger partial charge in [0.15, 0.2) is 0 Å². The summed E-state index contributed by atoms with van der Waals surface area (Å²) in [7, 11) is 3.48. The van der Waals surface area contributed by atoms with Crippen LogP contribution in [0.4, 0.5) is 0 Å². The van der Waals surface area contributed by atoms with Crippen LogP contribution < -0.4 is 16.0 Å². The number of fused-ring (bicyclic) bond motifs is 2. The van der Waals surface area contributed by atoms with Crippen molar-refractivity contribution in [2.24, 2.45) is 0 Å². The van der Waals surface area contributed by atoms with E-state index in [0.717, 1.165) is 32.9 Å². The second kappa shape index (κ2) is 11.2. The number of carbonyl (C=O) groups is 3. The van der Waals surface area contributed by atoms with Crippen molar-refractivity contribution < 1.29 is 14.4 Å². The minimum absolute atomic E-state index is 0.208. The van der Waals surface area contributed by atoms with Crippen molar-refractivity contribution in [2.75, 3.05) is 14.1 Å². The average molecular weight is 517 g/mol. The number of para-hydroxylation sites is 2. The number of nitrogens with one attached hydrogen (secondary N) is 5.